The fourth-order valence-electron chi connectivity index (χ4n) is 5.17. The summed E-state index contributed by atoms with van der Waals surface area (Å²) in [6.45, 7) is 0.349. The Kier molecular flexibility index (Phi) is 6.38. The van der Waals surface area contributed by atoms with Gasteiger partial charge in [0.2, 0.25) is 9.84 Å². The molecule has 0 bridgehead atoms. The van der Waals surface area contributed by atoms with E-state index in [4.69, 9.17) is 23.2 Å². The number of carbonyl (C=O) groups is 1. The van der Waals surface area contributed by atoms with Crippen molar-refractivity contribution < 1.29 is 18.3 Å². The van der Waals surface area contributed by atoms with E-state index in [1.807, 2.05) is 30.3 Å². The molecule has 0 spiro atoms. The van der Waals surface area contributed by atoms with Crippen molar-refractivity contribution in [3.05, 3.63) is 105 Å². The summed E-state index contributed by atoms with van der Waals surface area (Å²) < 4.78 is 28.1. The van der Waals surface area contributed by atoms with Crippen LogP contribution in [0.3, 0.4) is 0 Å². The number of carbonyl (C=O) groups excluding carboxylic acids is 1. The van der Waals surface area contributed by atoms with Crippen molar-refractivity contribution in [2.45, 2.75) is 23.3 Å². The number of hydrogen-bond donors (Lipinski definition) is 1. The van der Waals surface area contributed by atoms with E-state index in [0.717, 1.165) is 5.69 Å². The van der Waals surface area contributed by atoms with Crippen LogP contribution in [0.2, 0.25) is 10.0 Å². The second-order valence-electron chi connectivity index (χ2n) is 9.65. The molecule has 1 saturated heterocycles. The summed E-state index contributed by atoms with van der Waals surface area (Å²) in [5.41, 5.74) is 0.649. The second-order valence-corrected chi connectivity index (χ2v) is 12.4. The standard InChI is InChI=1S/C29H23Cl2N3O4S/c30-20-9-11-21(12-10-20)34-18-24(32-27(34)22-6-2-3-7-23(22)31)28(35)33-15-13-29(36,14-16-33)26-17-19-5-1-4-8-25(19)39(26,37)38/h1-12,17-18,36H,13-16H2. The van der Waals surface area contributed by atoms with Crippen LogP contribution in [0, 0.1) is 0 Å². The predicted molar refractivity (Wildman–Crippen MR) is 151 cm³/mol. The Hall–Kier alpha value is -3.43. The predicted octanol–water partition coefficient (Wildman–Crippen LogP) is 5.64. The van der Waals surface area contributed by atoms with Crippen LogP contribution >= 0.6 is 23.2 Å². The molecule has 1 amide bonds. The van der Waals surface area contributed by atoms with E-state index in [1.54, 1.807) is 64.2 Å². The SMILES string of the molecule is O=C(c1cn(-c2ccc(Cl)cc2)c(-c2ccccc2Cl)n1)N1CCC(O)(C2=Cc3ccccc3S2(=O)=O)CC1. The average Bonchev–Trinajstić information content (AvgIpc) is 3.49. The lowest BCUT2D eigenvalue weighted by atomic mass is 9.90. The highest BCUT2D eigenvalue weighted by Gasteiger charge is 2.46. The maximum absolute atomic E-state index is 13.6. The molecule has 3 heterocycles. The number of aliphatic hydroxyl groups is 1. The molecular weight excluding hydrogens is 557 g/mol. The van der Waals surface area contributed by atoms with Gasteiger partial charge < -0.3 is 10.0 Å². The number of likely N-dealkylation sites (tertiary alicyclic amines) is 1. The molecule has 6 rings (SSSR count). The lowest BCUT2D eigenvalue weighted by Crippen LogP contribution is -2.48. The first-order chi connectivity index (χ1) is 18.7. The second kappa shape index (κ2) is 9.64. The number of fused-ring (bicyclic) bond motifs is 1. The number of piperidine rings is 1. The third kappa shape index (κ3) is 4.47. The van der Waals surface area contributed by atoms with Crippen LogP contribution in [0.25, 0.3) is 23.2 Å². The zero-order chi connectivity index (χ0) is 27.4. The van der Waals surface area contributed by atoms with Gasteiger partial charge in [-0.15, -0.1) is 0 Å². The van der Waals surface area contributed by atoms with Crippen molar-refractivity contribution in [2.75, 3.05) is 13.1 Å². The highest BCUT2D eigenvalue weighted by Crippen LogP contribution is 2.43. The van der Waals surface area contributed by atoms with Crippen molar-refractivity contribution in [2.24, 2.45) is 0 Å². The van der Waals surface area contributed by atoms with Gasteiger partial charge in [-0.25, -0.2) is 13.4 Å². The first-order valence-electron chi connectivity index (χ1n) is 12.4. The molecule has 1 aromatic heterocycles. The zero-order valence-corrected chi connectivity index (χ0v) is 22.9. The molecule has 2 aliphatic rings. The van der Waals surface area contributed by atoms with Gasteiger partial charge in [0, 0.05) is 35.6 Å². The average molecular weight is 580 g/mol. The van der Waals surface area contributed by atoms with Crippen molar-refractivity contribution >= 4 is 45.0 Å². The van der Waals surface area contributed by atoms with Crippen molar-refractivity contribution in [1.29, 1.82) is 0 Å². The molecule has 10 heteroatoms. The number of rotatable bonds is 4. The van der Waals surface area contributed by atoms with E-state index in [2.05, 4.69) is 4.98 Å². The lowest BCUT2D eigenvalue weighted by Gasteiger charge is -2.38. The number of halogens is 2. The molecule has 7 nitrogen and oxygen atoms in total. The van der Waals surface area contributed by atoms with Gasteiger partial charge in [0.15, 0.2) is 0 Å². The maximum Gasteiger partial charge on any atom is 0.274 e. The summed E-state index contributed by atoms with van der Waals surface area (Å²) in [4.78, 5) is 20.0. The van der Waals surface area contributed by atoms with E-state index in [-0.39, 0.29) is 47.3 Å². The van der Waals surface area contributed by atoms with Crippen LogP contribution in [0.1, 0.15) is 28.9 Å². The number of amides is 1. The number of benzene rings is 3. The Bertz CT molecular complexity index is 1740. The van der Waals surface area contributed by atoms with Crippen molar-refractivity contribution in [1.82, 2.24) is 14.5 Å². The molecule has 1 N–H and O–H groups in total. The van der Waals surface area contributed by atoms with Gasteiger partial charge in [0.25, 0.3) is 5.91 Å². The number of aromatic nitrogens is 2. The van der Waals surface area contributed by atoms with Crippen LogP contribution < -0.4 is 0 Å². The van der Waals surface area contributed by atoms with Gasteiger partial charge in [0.05, 0.1) is 14.8 Å². The number of sulfone groups is 1. The highest BCUT2D eigenvalue weighted by molar-refractivity contribution is 7.96. The lowest BCUT2D eigenvalue weighted by molar-refractivity contribution is 0.0161. The zero-order valence-electron chi connectivity index (χ0n) is 20.6. The molecule has 0 saturated carbocycles. The summed E-state index contributed by atoms with van der Waals surface area (Å²) in [5, 5.41) is 12.5. The molecule has 198 valence electrons. The molecular formula is C29H23Cl2N3O4S. The van der Waals surface area contributed by atoms with Crippen molar-refractivity contribution in [3.63, 3.8) is 0 Å². The third-order valence-electron chi connectivity index (χ3n) is 7.27. The molecule has 39 heavy (non-hydrogen) atoms. The molecule has 0 aliphatic carbocycles. The molecule has 1 fully saturated rings. The molecule has 4 aromatic rings. The number of nitrogens with zero attached hydrogens (tertiary/aromatic N) is 3. The maximum atomic E-state index is 13.6. The summed E-state index contributed by atoms with van der Waals surface area (Å²) in [6, 6.07) is 21.1. The van der Waals surface area contributed by atoms with Crippen LogP contribution in [-0.4, -0.2) is 52.6 Å². The van der Waals surface area contributed by atoms with Crippen LogP contribution in [0.15, 0.2) is 88.8 Å². The summed E-state index contributed by atoms with van der Waals surface area (Å²) in [7, 11) is -3.80. The summed E-state index contributed by atoms with van der Waals surface area (Å²) >= 11 is 12.6. The number of hydrogen-bond acceptors (Lipinski definition) is 5. The van der Waals surface area contributed by atoms with E-state index in [0.29, 0.717) is 27.0 Å². The Labute approximate surface area is 235 Å². The molecule has 3 aromatic carbocycles. The Morgan fingerprint density at radius 2 is 1.59 bits per heavy atom. The number of imidazole rings is 1. The topological polar surface area (TPSA) is 92.5 Å². The quantitative estimate of drug-likeness (QED) is 0.337. The van der Waals surface area contributed by atoms with Crippen LogP contribution in [-0.2, 0) is 9.84 Å². The van der Waals surface area contributed by atoms with Crippen molar-refractivity contribution in [3.8, 4) is 17.1 Å². The monoisotopic (exact) mass is 579 g/mol. The fraction of sp³-hybridized carbons (Fsp3) is 0.172. The smallest absolute Gasteiger partial charge is 0.274 e. The van der Waals surface area contributed by atoms with Gasteiger partial charge in [-0.2, -0.15) is 0 Å². The summed E-state index contributed by atoms with van der Waals surface area (Å²) in [6.07, 6.45) is 3.39. The van der Waals surface area contributed by atoms with E-state index in [1.165, 1.54) is 0 Å². The fourth-order valence-corrected chi connectivity index (χ4v) is 7.43. The largest absolute Gasteiger partial charge is 0.384 e. The van der Waals surface area contributed by atoms with Gasteiger partial charge in [-0.3, -0.25) is 9.36 Å². The van der Waals surface area contributed by atoms with E-state index in [9.17, 15) is 18.3 Å². The molecule has 0 atom stereocenters. The molecule has 0 radical (unpaired) electrons. The Balaban J connectivity index is 1.28. The van der Waals surface area contributed by atoms with Gasteiger partial charge in [0.1, 0.15) is 17.1 Å². The first-order valence-corrected chi connectivity index (χ1v) is 14.6. The Morgan fingerprint density at radius 3 is 2.28 bits per heavy atom. The minimum atomic E-state index is -3.80. The van der Waals surface area contributed by atoms with E-state index >= 15 is 0 Å². The minimum Gasteiger partial charge on any atom is -0.384 e. The van der Waals surface area contributed by atoms with Gasteiger partial charge >= 0.3 is 0 Å². The Morgan fingerprint density at radius 1 is 0.923 bits per heavy atom. The first kappa shape index (κ1) is 25.8. The summed E-state index contributed by atoms with van der Waals surface area (Å²) in [5.74, 6) is 0.185. The molecule has 2 aliphatic heterocycles. The minimum absolute atomic E-state index is 0.00341. The van der Waals surface area contributed by atoms with Gasteiger partial charge in [-0.05, 0) is 66.9 Å². The van der Waals surface area contributed by atoms with E-state index < -0.39 is 15.4 Å². The molecule has 0 unspecified atom stereocenters. The normalized spacial score (nSPS) is 17.5. The van der Waals surface area contributed by atoms with Crippen LogP contribution in [0.4, 0.5) is 0 Å². The van der Waals surface area contributed by atoms with Gasteiger partial charge in [-0.1, -0.05) is 53.5 Å². The van der Waals surface area contributed by atoms with Crippen LogP contribution in [0.5, 0.6) is 0 Å². The highest BCUT2D eigenvalue weighted by atomic mass is 35.5. The third-order valence-corrected chi connectivity index (χ3v) is 9.87.